The van der Waals surface area contributed by atoms with Crippen molar-refractivity contribution in [3.05, 3.63) is 24.0 Å². The Kier molecular flexibility index (Phi) is 4.75. The quantitative estimate of drug-likeness (QED) is 0.857. The van der Waals surface area contributed by atoms with Crippen LogP contribution in [0.3, 0.4) is 0 Å². The largest absolute Gasteiger partial charge is 0.480 e. The molecular weight excluding hydrogens is 244 g/mol. The number of amides is 1. The van der Waals surface area contributed by atoms with Gasteiger partial charge in [-0.05, 0) is 24.0 Å². The summed E-state index contributed by atoms with van der Waals surface area (Å²) in [6.07, 6.45) is 2.74. The molecule has 5 heteroatoms. The molecule has 0 aliphatic carbocycles. The van der Waals surface area contributed by atoms with E-state index in [4.69, 9.17) is 0 Å². The summed E-state index contributed by atoms with van der Waals surface area (Å²) in [5.41, 5.74) is -0.0405. The standard InChI is InChI=1S/C14H22N2O3/c1-5-8-16-9-6-7-10(16)12(17)15-11(13(18)19)14(2,3)4/h6-7,9,11H,5,8H2,1-4H3,(H,15,17)(H,18,19)/t11-/m1/s1. The number of aryl methyl sites for hydroxylation is 1. The molecule has 1 heterocycles. The normalized spacial score (nSPS) is 13.1. The summed E-state index contributed by atoms with van der Waals surface area (Å²) in [6.45, 7) is 8.13. The number of hydrogen-bond acceptors (Lipinski definition) is 2. The van der Waals surface area contributed by atoms with Crippen molar-refractivity contribution >= 4 is 11.9 Å². The Morgan fingerprint density at radius 3 is 2.53 bits per heavy atom. The molecule has 0 saturated carbocycles. The lowest BCUT2D eigenvalue weighted by Crippen LogP contribution is -2.49. The van der Waals surface area contributed by atoms with Crippen LogP contribution in [-0.4, -0.2) is 27.6 Å². The summed E-state index contributed by atoms with van der Waals surface area (Å²) in [7, 11) is 0. The average Bonchev–Trinajstić information content (AvgIpc) is 2.72. The Balaban J connectivity index is 2.88. The fourth-order valence-corrected chi connectivity index (χ4v) is 1.91. The Bertz CT molecular complexity index is 458. The van der Waals surface area contributed by atoms with Gasteiger partial charge in [0.1, 0.15) is 11.7 Å². The van der Waals surface area contributed by atoms with Gasteiger partial charge >= 0.3 is 5.97 Å². The van der Waals surface area contributed by atoms with Crippen LogP contribution < -0.4 is 5.32 Å². The van der Waals surface area contributed by atoms with Gasteiger partial charge in [0, 0.05) is 12.7 Å². The summed E-state index contributed by atoms with van der Waals surface area (Å²) in [6, 6.07) is 2.58. The molecule has 0 saturated heterocycles. The summed E-state index contributed by atoms with van der Waals surface area (Å²) in [4.78, 5) is 23.4. The smallest absolute Gasteiger partial charge is 0.326 e. The van der Waals surface area contributed by atoms with E-state index in [1.807, 2.05) is 17.7 Å². The van der Waals surface area contributed by atoms with Gasteiger partial charge in [0.05, 0.1) is 0 Å². The first-order chi connectivity index (χ1) is 8.77. The Labute approximate surface area is 113 Å². The molecule has 19 heavy (non-hydrogen) atoms. The Morgan fingerprint density at radius 2 is 2.05 bits per heavy atom. The van der Waals surface area contributed by atoms with Gasteiger partial charge in [-0.1, -0.05) is 27.7 Å². The van der Waals surface area contributed by atoms with Crippen LogP contribution in [0.2, 0.25) is 0 Å². The number of aliphatic carboxylic acids is 1. The second-order valence-electron chi connectivity index (χ2n) is 5.70. The average molecular weight is 266 g/mol. The number of carboxylic acid groups (broad SMARTS) is 1. The van der Waals surface area contributed by atoms with Crippen molar-refractivity contribution in [3.63, 3.8) is 0 Å². The highest BCUT2D eigenvalue weighted by Crippen LogP contribution is 2.20. The van der Waals surface area contributed by atoms with E-state index in [-0.39, 0.29) is 5.91 Å². The van der Waals surface area contributed by atoms with Crippen LogP contribution in [0, 0.1) is 5.41 Å². The van der Waals surface area contributed by atoms with E-state index in [1.54, 1.807) is 32.9 Å². The first kappa shape index (κ1) is 15.3. The summed E-state index contributed by atoms with van der Waals surface area (Å²) in [5, 5.41) is 11.8. The minimum absolute atomic E-state index is 0.347. The van der Waals surface area contributed by atoms with E-state index in [0.29, 0.717) is 5.69 Å². The number of hydrogen-bond donors (Lipinski definition) is 2. The first-order valence-electron chi connectivity index (χ1n) is 6.46. The van der Waals surface area contributed by atoms with Crippen LogP contribution in [0.25, 0.3) is 0 Å². The third-order valence-corrected chi connectivity index (χ3v) is 2.92. The van der Waals surface area contributed by atoms with E-state index >= 15 is 0 Å². The van der Waals surface area contributed by atoms with Gasteiger partial charge < -0.3 is 15.0 Å². The van der Waals surface area contributed by atoms with Crippen LogP contribution in [0.5, 0.6) is 0 Å². The van der Waals surface area contributed by atoms with Crippen LogP contribution in [0.1, 0.15) is 44.6 Å². The SMILES string of the molecule is CCCn1cccc1C(=O)N[C@H](C(=O)O)C(C)(C)C. The molecule has 0 fully saturated rings. The van der Waals surface area contributed by atoms with Crippen molar-refractivity contribution in [2.75, 3.05) is 0 Å². The molecule has 0 unspecified atom stereocenters. The summed E-state index contributed by atoms with van der Waals surface area (Å²) >= 11 is 0. The fourth-order valence-electron chi connectivity index (χ4n) is 1.91. The molecule has 0 radical (unpaired) electrons. The van der Waals surface area contributed by atoms with E-state index in [2.05, 4.69) is 5.32 Å². The van der Waals surface area contributed by atoms with Gasteiger partial charge in [-0.2, -0.15) is 0 Å². The first-order valence-corrected chi connectivity index (χ1v) is 6.46. The molecule has 2 N–H and O–H groups in total. The van der Waals surface area contributed by atoms with Crippen LogP contribution in [0.4, 0.5) is 0 Å². The molecular formula is C14H22N2O3. The summed E-state index contributed by atoms with van der Waals surface area (Å²) < 4.78 is 1.83. The predicted molar refractivity (Wildman–Crippen MR) is 73.1 cm³/mol. The fraction of sp³-hybridized carbons (Fsp3) is 0.571. The second-order valence-corrected chi connectivity index (χ2v) is 5.70. The van der Waals surface area contributed by atoms with Crippen LogP contribution in [0.15, 0.2) is 18.3 Å². The van der Waals surface area contributed by atoms with Gasteiger partial charge in [0.25, 0.3) is 5.91 Å². The highest BCUT2D eigenvalue weighted by Gasteiger charge is 2.33. The monoisotopic (exact) mass is 266 g/mol. The molecule has 1 rings (SSSR count). The molecule has 1 amide bonds. The highest BCUT2D eigenvalue weighted by molar-refractivity contribution is 5.95. The predicted octanol–water partition coefficient (Wildman–Crippen LogP) is 2.13. The lowest BCUT2D eigenvalue weighted by atomic mass is 9.86. The molecule has 0 spiro atoms. The van der Waals surface area contributed by atoms with Crippen molar-refractivity contribution in [2.24, 2.45) is 5.41 Å². The van der Waals surface area contributed by atoms with E-state index in [1.165, 1.54) is 0 Å². The molecule has 1 aromatic rings. The number of carbonyl (C=O) groups excluding carboxylic acids is 1. The van der Waals surface area contributed by atoms with Gasteiger partial charge in [-0.15, -0.1) is 0 Å². The summed E-state index contributed by atoms with van der Waals surface area (Å²) in [5.74, 6) is -1.37. The van der Waals surface area contributed by atoms with Crippen molar-refractivity contribution in [2.45, 2.75) is 46.7 Å². The topological polar surface area (TPSA) is 71.3 Å². The molecule has 0 aliphatic heterocycles. The number of carboxylic acids is 1. The van der Waals surface area contributed by atoms with E-state index in [9.17, 15) is 14.7 Å². The van der Waals surface area contributed by atoms with Crippen molar-refractivity contribution < 1.29 is 14.7 Å². The van der Waals surface area contributed by atoms with E-state index < -0.39 is 17.4 Å². The number of aromatic nitrogens is 1. The molecule has 0 aromatic carbocycles. The van der Waals surface area contributed by atoms with Crippen LogP contribution in [-0.2, 0) is 11.3 Å². The minimum atomic E-state index is -1.02. The maximum Gasteiger partial charge on any atom is 0.326 e. The van der Waals surface area contributed by atoms with Gasteiger partial charge in [-0.3, -0.25) is 4.79 Å². The van der Waals surface area contributed by atoms with Crippen molar-refractivity contribution in [3.8, 4) is 0 Å². The Hall–Kier alpha value is -1.78. The molecule has 106 valence electrons. The number of nitrogens with one attached hydrogen (secondary N) is 1. The molecule has 1 atom stereocenters. The lowest BCUT2D eigenvalue weighted by molar-refractivity contribution is -0.142. The second kappa shape index (κ2) is 5.91. The van der Waals surface area contributed by atoms with Gasteiger partial charge in [-0.25, -0.2) is 4.79 Å². The number of rotatable bonds is 5. The molecule has 5 nitrogen and oxygen atoms in total. The third kappa shape index (κ3) is 3.84. The zero-order valence-corrected chi connectivity index (χ0v) is 11.9. The maximum atomic E-state index is 12.2. The van der Waals surface area contributed by atoms with E-state index in [0.717, 1.165) is 13.0 Å². The third-order valence-electron chi connectivity index (χ3n) is 2.92. The van der Waals surface area contributed by atoms with Crippen molar-refractivity contribution in [1.29, 1.82) is 0 Å². The van der Waals surface area contributed by atoms with Crippen molar-refractivity contribution in [1.82, 2.24) is 9.88 Å². The molecule has 0 bridgehead atoms. The minimum Gasteiger partial charge on any atom is -0.480 e. The molecule has 0 aliphatic rings. The zero-order chi connectivity index (χ0) is 14.6. The van der Waals surface area contributed by atoms with Gasteiger partial charge in [0.2, 0.25) is 0 Å². The Morgan fingerprint density at radius 1 is 1.42 bits per heavy atom. The number of carbonyl (C=O) groups is 2. The van der Waals surface area contributed by atoms with Gasteiger partial charge in [0.15, 0.2) is 0 Å². The highest BCUT2D eigenvalue weighted by atomic mass is 16.4. The molecule has 1 aromatic heterocycles. The maximum absolute atomic E-state index is 12.2. The van der Waals surface area contributed by atoms with Crippen LogP contribution >= 0.6 is 0 Å². The lowest BCUT2D eigenvalue weighted by Gasteiger charge is -2.27. The number of nitrogens with zero attached hydrogens (tertiary/aromatic N) is 1. The zero-order valence-electron chi connectivity index (χ0n) is 11.9.